The first-order valence-electron chi connectivity index (χ1n) is 9.36. The van der Waals surface area contributed by atoms with Crippen LogP contribution in [0.15, 0.2) is 41.5 Å². The standard InChI is InChI=1S/C12H15N5O.C9H11N3/c1-7-4-3-5-9(8(7)2)6-17-11(13)10(12(14)18)15-16-17;1-7-4-3-5-9(8(7)2)6-11-12-10/h3-5H,6,13H2,1-2H3,(H2,14,18);3-5H,6H2,1-2H3. The van der Waals surface area contributed by atoms with Crippen LogP contribution in [0.3, 0.4) is 0 Å². The number of primary amides is 1. The van der Waals surface area contributed by atoms with Crippen molar-refractivity contribution in [3.05, 3.63) is 85.9 Å². The summed E-state index contributed by atoms with van der Waals surface area (Å²) in [7, 11) is 0. The van der Waals surface area contributed by atoms with Gasteiger partial charge in [-0.25, -0.2) is 4.68 Å². The summed E-state index contributed by atoms with van der Waals surface area (Å²) in [5.41, 5.74) is 26.1. The molecule has 9 nitrogen and oxygen atoms in total. The Bertz CT molecular complexity index is 1100. The molecule has 0 aliphatic heterocycles. The number of amides is 1. The highest BCUT2D eigenvalue weighted by molar-refractivity contribution is 5.94. The molecule has 0 bridgehead atoms. The lowest BCUT2D eigenvalue weighted by atomic mass is 10.0. The van der Waals surface area contributed by atoms with Crippen LogP contribution in [0, 0.1) is 27.7 Å². The molecule has 0 saturated carbocycles. The number of nitrogens with two attached hydrogens (primary N) is 2. The van der Waals surface area contributed by atoms with Crippen molar-refractivity contribution in [1.82, 2.24) is 15.0 Å². The van der Waals surface area contributed by atoms with E-state index in [1.807, 2.05) is 51.1 Å². The Kier molecular flexibility index (Phi) is 7.55. The first-order chi connectivity index (χ1) is 14.3. The predicted octanol–water partition coefficient (Wildman–Crippen LogP) is 3.74. The Labute approximate surface area is 175 Å². The highest BCUT2D eigenvalue weighted by Crippen LogP contribution is 2.16. The number of nitrogen functional groups attached to an aromatic ring is 1. The number of aromatic nitrogens is 3. The smallest absolute Gasteiger partial charge is 0.273 e. The highest BCUT2D eigenvalue weighted by Gasteiger charge is 2.15. The molecule has 156 valence electrons. The van der Waals surface area contributed by atoms with Gasteiger partial charge in [0.1, 0.15) is 0 Å². The third-order valence-electron chi connectivity index (χ3n) is 5.06. The Hall–Kier alpha value is -3.84. The zero-order valence-corrected chi connectivity index (χ0v) is 17.6. The lowest BCUT2D eigenvalue weighted by Crippen LogP contribution is -2.15. The summed E-state index contributed by atoms with van der Waals surface area (Å²) >= 11 is 0. The lowest BCUT2D eigenvalue weighted by Gasteiger charge is -2.09. The van der Waals surface area contributed by atoms with E-state index >= 15 is 0 Å². The average molecular weight is 406 g/mol. The third-order valence-corrected chi connectivity index (χ3v) is 5.06. The van der Waals surface area contributed by atoms with Crippen LogP contribution >= 0.6 is 0 Å². The van der Waals surface area contributed by atoms with Gasteiger partial charge < -0.3 is 11.5 Å². The number of aryl methyl sites for hydroxylation is 2. The van der Waals surface area contributed by atoms with Crippen molar-refractivity contribution in [3.63, 3.8) is 0 Å². The molecule has 0 fully saturated rings. The van der Waals surface area contributed by atoms with E-state index < -0.39 is 5.91 Å². The largest absolute Gasteiger partial charge is 0.382 e. The molecule has 2 aromatic carbocycles. The summed E-state index contributed by atoms with van der Waals surface area (Å²) in [6.45, 7) is 9.08. The number of nitrogens with zero attached hydrogens (tertiary/aromatic N) is 6. The third kappa shape index (κ3) is 5.36. The Balaban J connectivity index is 0.000000232. The molecule has 1 amide bonds. The van der Waals surface area contributed by atoms with Crippen molar-refractivity contribution in [2.45, 2.75) is 40.8 Å². The number of azide groups is 1. The molecule has 30 heavy (non-hydrogen) atoms. The van der Waals surface area contributed by atoms with Crippen molar-refractivity contribution in [2.75, 3.05) is 5.73 Å². The van der Waals surface area contributed by atoms with Crippen molar-refractivity contribution in [1.29, 1.82) is 0 Å². The molecule has 9 heteroatoms. The second-order valence-corrected chi connectivity index (χ2v) is 6.95. The highest BCUT2D eigenvalue weighted by atomic mass is 16.1. The summed E-state index contributed by atoms with van der Waals surface area (Å²) in [4.78, 5) is 13.8. The first-order valence-corrected chi connectivity index (χ1v) is 9.36. The van der Waals surface area contributed by atoms with Gasteiger partial charge in [0.05, 0.1) is 13.1 Å². The van der Waals surface area contributed by atoms with E-state index in [1.54, 1.807) is 0 Å². The number of carbonyl (C=O) groups is 1. The quantitative estimate of drug-likeness (QED) is 0.377. The van der Waals surface area contributed by atoms with Crippen LogP contribution in [0.4, 0.5) is 5.82 Å². The van der Waals surface area contributed by atoms with Crippen LogP contribution in [0.5, 0.6) is 0 Å². The molecule has 0 aliphatic rings. The van der Waals surface area contributed by atoms with Gasteiger partial charge >= 0.3 is 0 Å². The topological polar surface area (TPSA) is 149 Å². The van der Waals surface area contributed by atoms with Gasteiger partial charge in [0.2, 0.25) is 0 Å². The second-order valence-electron chi connectivity index (χ2n) is 6.95. The first kappa shape index (κ1) is 22.4. The normalized spacial score (nSPS) is 10.0. The maximum absolute atomic E-state index is 11.0. The fourth-order valence-corrected chi connectivity index (χ4v) is 2.85. The Morgan fingerprint density at radius 3 is 2.17 bits per heavy atom. The molecular weight excluding hydrogens is 380 g/mol. The van der Waals surface area contributed by atoms with E-state index in [1.165, 1.54) is 26.9 Å². The minimum Gasteiger partial charge on any atom is -0.382 e. The summed E-state index contributed by atoms with van der Waals surface area (Å²) in [5.74, 6) is -0.469. The monoisotopic (exact) mass is 406 g/mol. The average Bonchev–Trinajstić information content (AvgIpc) is 3.08. The van der Waals surface area contributed by atoms with E-state index in [4.69, 9.17) is 17.0 Å². The number of hydrogen-bond donors (Lipinski definition) is 2. The molecule has 1 aromatic heterocycles. The minimum absolute atomic E-state index is 0.0142. The second kappa shape index (κ2) is 10.1. The van der Waals surface area contributed by atoms with E-state index in [2.05, 4.69) is 33.3 Å². The molecule has 0 unspecified atom stereocenters. The minimum atomic E-state index is -0.667. The molecule has 0 saturated heterocycles. The summed E-state index contributed by atoms with van der Waals surface area (Å²) in [6.07, 6.45) is 0. The fraction of sp³-hybridized carbons (Fsp3) is 0.286. The van der Waals surface area contributed by atoms with Crippen molar-refractivity contribution in [2.24, 2.45) is 10.8 Å². The van der Waals surface area contributed by atoms with Crippen LogP contribution in [0.2, 0.25) is 0 Å². The molecule has 3 rings (SSSR count). The van der Waals surface area contributed by atoms with E-state index in [9.17, 15) is 4.79 Å². The molecular formula is C21H26N8O. The van der Waals surface area contributed by atoms with Crippen LogP contribution in [-0.2, 0) is 13.1 Å². The summed E-state index contributed by atoms with van der Waals surface area (Å²) in [5, 5.41) is 11.0. The predicted molar refractivity (Wildman–Crippen MR) is 117 cm³/mol. The molecule has 0 spiro atoms. The zero-order valence-electron chi connectivity index (χ0n) is 17.6. The number of hydrogen-bond acceptors (Lipinski definition) is 5. The van der Waals surface area contributed by atoms with Gasteiger partial charge in [-0.15, -0.1) is 5.10 Å². The maximum atomic E-state index is 11.0. The van der Waals surface area contributed by atoms with Crippen molar-refractivity contribution >= 4 is 11.7 Å². The molecule has 0 atom stereocenters. The molecule has 4 N–H and O–H groups in total. The van der Waals surface area contributed by atoms with Gasteiger partial charge in [0.15, 0.2) is 11.5 Å². The van der Waals surface area contributed by atoms with Crippen molar-refractivity contribution in [3.8, 4) is 0 Å². The Morgan fingerprint density at radius 2 is 1.63 bits per heavy atom. The number of rotatable bonds is 5. The SMILES string of the molecule is Cc1cccc(CN=[N+]=[N-])c1C.Cc1cccc(Cn2nnc(C(N)=O)c2N)c1C. The molecule has 1 heterocycles. The van der Waals surface area contributed by atoms with Crippen LogP contribution in [0.1, 0.15) is 43.9 Å². The van der Waals surface area contributed by atoms with Crippen LogP contribution in [0.25, 0.3) is 10.4 Å². The molecule has 0 radical (unpaired) electrons. The van der Waals surface area contributed by atoms with Crippen molar-refractivity contribution < 1.29 is 4.79 Å². The maximum Gasteiger partial charge on any atom is 0.273 e. The van der Waals surface area contributed by atoms with Gasteiger partial charge in [-0.1, -0.05) is 46.7 Å². The molecule has 0 aliphatic carbocycles. The number of benzene rings is 2. The van der Waals surface area contributed by atoms with Crippen LogP contribution in [-0.4, -0.2) is 20.9 Å². The van der Waals surface area contributed by atoms with Crippen LogP contribution < -0.4 is 11.5 Å². The molecule has 3 aromatic rings. The Morgan fingerprint density at radius 1 is 1.07 bits per heavy atom. The van der Waals surface area contributed by atoms with Gasteiger partial charge in [-0.2, -0.15) is 0 Å². The van der Waals surface area contributed by atoms with E-state index in [-0.39, 0.29) is 11.5 Å². The summed E-state index contributed by atoms with van der Waals surface area (Å²) in [6, 6.07) is 12.0. The number of carbonyl (C=O) groups excluding carboxylic acids is 1. The summed E-state index contributed by atoms with van der Waals surface area (Å²) < 4.78 is 1.47. The van der Waals surface area contributed by atoms with Gasteiger partial charge in [0.25, 0.3) is 5.91 Å². The van der Waals surface area contributed by atoms with Gasteiger partial charge in [-0.05, 0) is 66.6 Å². The van der Waals surface area contributed by atoms with Gasteiger partial charge in [-0.3, -0.25) is 4.79 Å². The zero-order chi connectivity index (χ0) is 22.3. The van der Waals surface area contributed by atoms with E-state index in [0.29, 0.717) is 13.1 Å². The lowest BCUT2D eigenvalue weighted by molar-refractivity contribution is 0.0996. The number of anilines is 1. The van der Waals surface area contributed by atoms with Gasteiger partial charge in [0, 0.05) is 4.91 Å². The fourth-order valence-electron chi connectivity index (χ4n) is 2.85. The van der Waals surface area contributed by atoms with E-state index in [0.717, 1.165) is 11.1 Å².